The standard InChI is InChI=1S/C26H30N4O6/c1-16-20(17(2)36-28-16)13-23(31)29-9-8-21-25(22(35-4)14-24(32)30(21)11-10-29)26(33)27-15-18-6-5-7-19(12-18)34-3/h5-7,12,14H,8-11,13,15H2,1-4H3,(H,27,33). The number of aromatic nitrogens is 2. The Balaban J connectivity index is 1.56. The maximum absolute atomic E-state index is 13.3. The molecule has 2 amide bonds. The Hall–Kier alpha value is -4.08. The van der Waals surface area contributed by atoms with Crippen molar-refractivity contribution in [3.8, 4) is 11.5 Å². The Kier molecular flexibility index (Phi) is 7.42. The topological polar surface area (TPSA) is 116 Å². The van der Waals surface area contributed by atoms with Gasteiger partial charge in [-0.15, -0.1) is 0 Å². The molecule has 0 aliphatic carbocycles. The van der Waals surface area contributed by atoms with Crippen molar-refractivity contribution >= 4 is 11.8 Å². The maximum Gasteiger partial charge on any atom is 0.257 e. The molecule has 1 aliphatic heterocycles. The van der Waals surface area contributed by atoms with Gasteiger partial charge in [-0.05, 0) is 31.5 Å². The van der Waals surface area contributed by atoms with E-state index in [1.165, 1.54) is 13.2 Å². The monoisotopic (exact) mass is 494 g/mol. The molecule has 1 aliphatic rings. The summed E-state index contributed by atoms with van der Waals surface area (Å²) in [7, 11) is 3.02. The van der Waals surface area contributed by atoms with Crippen LogP contribution in [0.3, 0.4) is 0 Å². The molecular formula is C26H30N4O6. The zero-order valence-corrected chi connectivity index (χ0v) is 20.9. The molecule has 0 saturated heterocycles. The number of benzene rings is 1. The van der Waals surface area contributed by atoms with E-state index in [1.54, 1.807) is 30.4 Å². The van der Waals surface area contributed by atoms with E-state index in [9.17, 15) is 14.4 Å². The number of rotatable bonds is 7. The first-order chi connectivity index (χ1) is 17.3. The summed E-state index contributed by atoms with van der Waals surface area (Å²) in [6, 6.07) is 8.74. The molecule has 0 fully saturated rings. The van der Waals surface area contributed by atoms with E-state index in [0.717, 1.165) is 11.1 Å². The zero-order chi connectivity index (χ0) is 25.8. The molecule has 3 heterocycles. The Morgan fingerprint density at radius 2 is 1.92 bits per heavy atom. The number of pyridine rings is 1. The second-order valence-electron chi connectivity index (χ2n) is 8.67. The highest BCUT2D eigenvalue weighted by Gasteiger charge is 2.27. The lowest BCUT2D eigenvalue weighted by Crippen LogP contribution is -2.35. The fourth-order valence-electron chi connectivity index (χ4n) is 4.47. The van der Waals surface area contributed by atoms with Crippen LogP contribution in [0, 0.1) is 13.8 Å². The van der Waals surface area contributed by atoms with E-state index in [1.807, 2.05) is 24.3 Å². The van der Waals surface area contributed by atoms with E-state index in [4.69, 9.17) is 14.0 Å². The third kappa shape index (κ3) is 5.12. The molecule has 0 radical (unpaired) electrons. The van der Waals surface area contributed by atoms with Crippen LogP contribution < -0.4 is 20.3 Å². The van der Waals surface area contributed by atoms with Gasteiger partial charge in [0.05, 0.1) is 26.3 Å². The number of hydrogen-bond acceptors (Lipinski definition) is 7. The third-order valence-corrected chi connectivity index (χ3v) is 6.49. The Labute approximate surface area is 208 Å². The lowest BCUT2D eigenvalue weighted by Gasteiger charge is -2.19. The minimum Gasteiger partial charge on any atom is -0.497 e. The molecule has 0 bridgehead atoms. The van der Waals surface area contributed by atoms with Crippen molar-refractivity contribution in [1.29, 1.82) is 0 Å². The van der Waals surface area contributed by atoms with Crippen LogP contribution in [0.1, 0.15) is 38.6 Å². The van der Waals surface area contributed by atoms with Crippen molar-refractivity contribution in [3.05, 3.63) is 74.5 Å². The van der Waals surface area contributed by atoms with Gasteiger partial charge in [-0.3, -0.25) is 14.4 Å². The lowest BCUT2D eigenvalue weighted by atomic mass is 10.1. The number of methoxy groups -OCH3 is 2. The molecule has 10 nitrogen and oxygen atoms in total. The number of nitrogens with zero attached hydrogens (tertiary/aromatic N) is 3. The summed E-state index contributed by atoms with van der Waals surface area (Å²) >= 11 is 0. The van der Waals surface area contributed by atoms with Gasteiger partial charge in [-0.1, -0.05) is 17.3 Å². The van der Waals surface area contributed by atoms with Gasteiger partial charge in [-0.2, -0.15) is 0 Å². The highest BCUT2D eigenvalue weighted by Crippen LogP contribution is 2.24. The number of carbonyl (C=O) groups excluding carboxylic acids is 2. The highest BCUT2D eigenvalue weighted by atomic mass is 16.5. The van der Waals surface area contributed by atoms with Crippen LogP contribution in [-0.2, 0) is 30.7 Å². The van der Waals surface area contributed by atoms with Gasteiger partial charge in [0.2, 0.25) is 5.91 Å². The van der Waals surface area contributed by atoms with Crippen molar-refractivity contribution in [3.63, 3.8) is 0 Å². The first-order valence-corrected chi connectivity index (χ1v) is 11.7. The minimum atomic E-state index is -0.353. The molecule has 0 atom stereocenters. The summed E-state index contributed by atoms with van der Waals surface area (Å²) in [5.41, 5.74) is 2.92. The van der Waals surface area contributed by atoms with Gasteiger partial charge in [0, 0.05) is 49.9 Å². The fourth-order valence-corrected chi connectivity index (χ4v) is 4.47. The van der Waals surface area contributed by atoms with Crippen LogP contribution in [-0.4, -0.2) is 53.7 Å². The van der Waals surface area contributed by atoms with Crippen molar-refractivity contribution in [2.45, 2.75) is 39.8 Å². The fraction of sp³-hybridized carbons (Fsp3) is 0.385. The number of ether oxygens (including phenoxy) is 2. The molecule has 3 aromatic rings. The van der Waals surface area contributed by atoms with Crippen molar-refractivity contribution in [2.24, 2.45) is 0 Å². The maximum atomic E-state index is 13.3. The van der Waals surface area contributed by atoms with Gasteiger partial charge in [0.15, 0.2) is 0 Å². The lowest BCUT2D eigenvalue weighted by molar-refractivity contribution is -0.130. The molecule has 36 heavy (non-hydrogen) atoms. The number of hydrogen-bond donors (Lipinski definition) is 1. The normalized spacial score (nSPS) is 13.1. The van der Waals surface area contributed by atoms with E-state index in [-0.39, 0.29) is 42.6 Å². The molecule has 1 N–H and O–H groups in total. The van der Waals surface area contributed by atoms with Crippen LogP contribution in [0.2, 0.25) is 0 Å². The molecule has 0 saturated carbocycles. The predicted molar refractivity (Wildman–Crippen MR) is 131 cm³/mol. The van der Waals surface area contributed by atoms with Gasteiger partial charge in [0.1, 0.15) is 22.8 Å². The van der Waals surface area contributed by atoms with Gasteiger partial charge in [0.25, 0.3) is 11.5 Å². The zero-order valence-electron chi connectivity index (χ0n) is 20.9. The minimum absolute atomic E-state index is 0.0822. The van der Waals surface area contributed by atoms with Gasteiger partial charge < -0.3 is 28.8 Å². The third-order valence-electron chi connectivity index (χ3n) is 6.49. The van der Waals surface area contributed by atoms with Crippen LogP contribution >= 0.6 is 0 Å². The van der Waals surface area contributed by atoms with E-state index < -0.39 is 0 Å². The quantitative estimate of drug-likeness (QED) is 0.534. The first-order valence-electron chi connectivity index (χ1n) is 11.7. The Morgan fingerprint density at radius 3 is 2.61 bits per heavy atom. The summed E-state index contributed by atoms with van der Waals surface area (Å²) in [4.78, 5) is 40.9. The number of nitrogens with one attached hydrogen (secondary N) is 1. The summed E-state index contributed by atoms with van der Waals surface area (Å²) in [5.74, 6) is 1.09. The van der Waals surface area contributed by atoms with Crippen LogP contribution in [0.4, 0.5) is 0 Å². The van der Waals surface area contributed by atoms with Crippen molar-refractivity contribution in [1.82, 2.24) is 19.9 Å². The van der Waals surface area contributed by atoms with Crippen LogP contribution in [0.25, 0.3) is 0 Å². The number of carbonyl (C=O) groups is 2. The molecule has 0 spiro atoms. The molecule has 190 valence electrons. The predicted octanol–water partition coefficient (Wildman–Crippen LogP) is 2.03. The van der Waals surface area contributed by atoms with Crippen molar-refractivity contribution < 1.29 is 23.6 Å². The summed E-state index contributed by atoms with van der Waals surface area (Å²) < 4.78 is 17.4. The highest BCUT2D eigenvalue weighted by molar-refractivity contribution is 5.98. The van der Waals surface area contributed by atoms with Crippen LogP contribution in [0.15, 0.2) is 39.6 Å². The summed E-state index contributed by atoms with van der Waals surface area (Å²) in [6.45, 7) is 4.86. The molecule has 2 aromatic heterocycles. The van der Waals surface area contributed by atoms with E-state index in [0.29, 0.717) is 48.0 Å². The number of amides is 2. The van der Waals surface area contributed by atoms with Gasteiger partial charge in [-0.25, -0.2) is 0 Å². The second kappa shape index (κ2) is 10.7. The number of aryl methyl sites for hydroxylation is 2. The average Bonchev–Trinajstić information content (AvgIpc) is 3.07. The smallest absolute Gasteiger partial charge is 0.257 e. The Morgan fingerprint density at radius 1 is 1.11 bits per heavy atom. The Bertz CT molecular complexity index is 1320. The van der Waals surface area contributed by atoms with Crippen LogP contribution in [0.5, 0.6) is 11.5 Å². The molecule has 0 unspecified atom stereocenters. The summed E-state index contributed by atoms with van der Waals surface area (Å²) in [5, 5.41) is 6.84. The van der Waals surface area contributed by atoms with Crippen molar-refractivity contribution in [2.75, 3.05) is 27.3 Å². The number of fused-ring (bicyclic) bond motifs is 1. The van der Waals surface area contributed by atoms with E-state index >= 15 is 0 Å². The SMILES string of the molecule is COc1cccc(CNC(=O)c2c(OC)cc(=O)n3c2CCN(C(=O)Cc2c(C)noc2C)CC3)c1. The average molecular weight is 495 g/mol. The second-order valence-corrected chi connectivity index (χ2v) is 8.67. The molecule has 4 rings (SSSR count). The van der Waals surface area contributed by atoms with Gasteiger partial charge >= 0.3 is 0 Å². The van der Waals surface area contributed by atoms with E-state index in [2.05, 4.69) is 10.5 Å². The summed E-state index contributed by atoms with van der Waals surface area (Å²) in [6.07, 6.45) is 0.505. The first kappa shape index (κ1) is 25.0. The largest absolute Gasteiger partial charge is 0.497 e. The molecular weight excluding hydrogens is 464 g/mol. The molecule has 1 aromatic carbocycles. The molecule has 10 heteroatoms.